The quantitative estimate of drug-likeness (QED) is 0.421. The van der Waals surface area contributed by atoms with E-state index in [1.54, 1.807) is 0 Å². The molecule has 0 saturated carbocycles. The van der Waals surface area contributed by atoms with Gasteiger partial charge in [0.05, 0.1) is 7.11 Å². The summed E-state index contributed by atoms with van der Waals surface area (Å²) in [4.78, 5) is 10.8. The maximum absolute atomic E-state index is 12.8. The average Bonchev–Trinajstić information content (AvgIpc) is 2.39. The molecule has 2 atom stereocenters. The Kier molecular flexibility index (Phi) is 2.90. The molecule has 1 aliphatic rings. The van der Waals surface area contributed by atoms with Gasteiger partial charge in [-0.15, -0.1) is 0 Å². The monoisotopic (exact) mass is 233 g/mol. The van der Waals surface area contributed by atoms with Gasteiger partial charge in [-0.1, -0.05) is 0 Å². The first-order valence-electron chi connectivity index (χ1n) is 3.98. The molecule has 0 aliphatic carbocycles. The van der Waals surface area contributed by atoms with Crippen LogP contribution >= 0.6 is 0 Å². The molecular weight excluding hydrogens is 225 g/mol. The molecule has 1 saturated heterocycles. The summed E-state index contributed by atoms with van der Waals surface area (Å²) in [6.07, 6.45) is -6.05. The predicted molar refractivity (Wildman–Crippen MR) is 38.0 cm³/mol. The highest BCUT2D eigenvalue weighted by molar-refractivity contribution is 5.76. The fourth-order valence-corrected chi connectivity index (χ4v) is 1.41. The number of nitrogens with one attached hydrogen (secondary N) is 1. The molecule has 88 valence electrons. The Morgan fingerprint density at radius 1 is 1.47 bits per heavy atom. The van der Waals surface area contributed by atoms with Crippen molar-refractivity contribution in [3.8, 4) is 0 Å². The van der Waals surface area contributed by atoms with Crippen LogP contribution in [0.5, 0.6) is 0 Å². The van der Waals surface area contributed by atoms with E-state index < -0.39 is 36.6 Å². The second kappa shape index (κ2) is 3.58. The lowest BCUT2D eigenvalue weighted by Crippen LogP contribution is -2.44. The fraction of sp³-hybridized carbons (Fsp3) is 0.857. The second-order valence-corrected chi connectivity index (χ2v) is 3.17. The molecule has 0 aromatic heterocycles. The SMILES string of the molecule is COC(=O)[C@@H]1CC(C(F)(F)F)C(F)(F)N1. The van der Waals surface area contributed by atoms with Crippen LogP contribution < -0.4 is 5.32 Å². The van der Waals surface area contributed by atoms with Crippen LogP contribution in [0.1, 0.15) is 6.42 Å². The van der Waals surface area contributed by atoms with Gasteiger partial charge in [-0.05, 0) is 6.42 Å². The molecule has 0 aromatic rings. The number of esters is 1. The maximum Gasteiger partial charge on any atom is 0.399 e. The van der Waals surface area contributed by atoms with E-state index in [0.29, 0.717) is 0 Å². The Morgan fingerprint density at radius 3 is 2.33 bits per heavy atom. The molecule has 1 rings (SSSR count). The van der Waals surface area contributed by atoms with Crippen LogP contribution in [-0.2, 0) is 9.53 Å². The number of carbonyl (C=O) groups excluding carboxylic acids is 1. The number of hydrogen-bond acceptors (Lipinski definition) is 3. The van der Waals surface area contributed by atoms with Crippen molar-refractivity contribution in [2.24, 2.45) is 5.92 Å². The Labute approximate surface area is 81.6 Å². The summed E-state index contributed by atoms with van der Waals surface area (Å²) in [5.74, 6) is -3.98. The number of methoxy groups -OCH3 is 1. The molecule has 15 heavy (non-hydrogen) atoms. The van der Waals surface area contributed by atoms with Crippen molar-refractivity contribution in [3.63, 3.8) is 0 Å². The summed E-state index contributed by atoms with van der Waals surface area (Å²) in [7, 11) is 0.920. The van der Waals surface area contributed by atoms with Gasteiger partial charge in [0.2, 0.25) is 0 Å². The lowest BCUT2D eigenvalue weighted by atomic mass is 10.0. The molecule has 1 fully saturated rings. The summed E-state index contributed by atoms with van der Waals surface area (Å²) in [6, 6.07) is -5.74. The molecule has 8 heteroatoms. The lowest BCUT2D eigenvalue weighted by Gasteiger charge is -2.20. The largest absolute Gasteiger partial charge is 0.468 e. The highest BCUT2D eigenvalue weighted by atomic mass is 19.4. The smallest absolute Gasteiger partial charge is 0.399 e. The molecule has 0 spiro atoms. The van der Waals surface area contributed by atoms with Crippen LogP contribution in [0.3, 0.4) is 0 Å². The van der Waals surface area contributed by atoms with Crippen LogP contribution in [0.2, 0.25) is 0 Å². The summed E-state index contributed by atoms with van der Waals surface area (Å²) in [6.45, 7) is 0. The Morgan fingerprint density at radius 2 is 2.00 bits per heavy atom. The number of rotatable bonds is 1. The third kappa shape index (κ3) is 2.36. The highest BCUT2D eigenvalue weighted by Gasteiger charge is 2.62. The first-order chi connectivity index (χ1) is 6.68. The van der Waals surface area contributed by atoms with Crippen LogP contribution in [0.15, 0.2) is 0 Å². The van der Waals surface area contributed by atoms with E-state index in [0.717, 1.165) is 7.11 Å². The summed E-state index contributed by atoms with van der Waals surface area (Å²) < 4.78 is 66.1. The molecule has 3 nitrogen and oxygen atoms in total. The normalized spacial score (nSPS) is 30.3. The second-order valence-electron chi connectivity index (χ2n) is 3.17. The van der Waals surface area contributed by atoms with Crippen molar-refractivity contribution in [1.29, 1.82) is 0 Å². The van der Waals surface area contributed by atoms with Crippen LogP contribution in [0, 0.1) is 5.92 Å². The molecule has 0 aromatic carbocycles. The van der Waals surface area contributed by atoms with E-state index in [-0.39, 0.29) is 0 Å². The molecule has 0 bridgehead atoms. The van der Waals surface area contributed by atoms with Gasteiger partial charge < -0.3 is 4.74 Å². The van der Waals surface area contributed by atoms with Crippen molar-refractivity contribution < 1.29 is 31.5 Å². The van der Waals surface area contributed by atoms with Crippen molar-refractivity contribution in [2.45, 2.75) is 24.7 Å². The molecule has 1 N–H and O–H groups in total. The average molecular weight is 233 g/mol. The van der Waals surface area contributed by atoms with Crippen molar-refractivity contribution >= 4 is 5.97 Å². The summed E-state index contributed by atoms with van der Waals surface area (Å²) in [5.41, 5.74) is 0. The third-order valence-corrected chi connectivity index (χ3v) is 2.16. The van der Waals surface area contributed by atoms with Gasteiger partial charge in [0.15, 0.2) is 0 Å². The minimum absolute atomic E-state index is 0.920. The third-order valence-electron chi connectivity index (χ3n) is 2.16. The van der Waals surface area contributed by atoms with Gasteiger partial charge in [-0.2, -0.15) is 22.0 Å². The van der Waals surface area contributed by atoms with Crippen LogP contribution in [0.4, 0.5) is 22.0 Å². The number of carbonyl (C=O) groups is 1. The zero-order valence-corrected chi connectivity index (χ0v) is 7.57. The zero-order valence-electron chi connectivity index (χ0n) is 7.57. The number of halogens is 5. The lowest BCUT2D eigenvalue weighted by molar-refractivity contribution is -0.233. The first kappa shape index (κ1) is 12.2. The van der Waals surface area contributed by atoms with Gasteiger partial charge in [-0.25, -0.2) is 5.32 Å². The van der Waals surface area contributed by atoms with Crippen molar-refractivity contribution in [1.82, 2.24) is 5.32 Å². The van der Waals surface area contributed by atoms with Crippen LogP contribution in [0.25, 0.3) is 0 Å². The summed E-state index contributed by atoms with van der Waals surface area (Å²) in [5, 5.41) is 1.31. The van der Waals surface area contributed by atoms with Gasteiger partial charge in [0, 0.05) is 0 Å². The number of hydrogen-bond donors (Lipinski definition) is 1. The summed E-state index contributed by atoms with van der Waals surface area (Å²) >= 11 is 0. The van der Waals surface area contributed by atoms with Crippen LogP contribution in [-0.4, -0.2) is 31.3 Å². The minimum atomic E-state index is -5.04. The molecule has 0 radical (unpaired) electrons. The van der Waals surface area contributed by atoms with E-state index in [1.165, 1.54) is 5.32 Å². The fourth-order valence-electron chi connectivity index (χ4n) is 1.41. The van der Waals surface area contributed by atoms with E-state index >= 15 is 0 Å². The molecule has 1 heterocycles. The molecule has 1 aliphatic heterocycles. The topological polar surface area (TPSA) is 38.3 Å². The highest BCUT2D eigenvalue weighted by Crippen LogP contribution is 2.44. The molecular formula is C7H8F5NO2. The van der Waals surface area contributed by atoms with Gasteiger partial charge in [0.1, 0.15) is 12.0 Å². The zero-order chi connectivity index (χ0) is 11.9. The number of alkyl halides is 5. The van der Waals surface area contributed by atoms with E-state index in [1.807, 2.05) is 0 Å². The molecule has 0 amide bonds. The van der Waals surface area contributed by atoms with Crippen molar-refractivity contribution in [2.75, 3.05) is 7.11 Å². The first-order valence-corrected chi connectivity index (χ1v) is 3.98. The Bertz CT molecular complexity index is 265. The van der Waals surface area contributed by atoms with Gasteiger partial charge in [-0.3, -0.25) is 4.79 Å². The Hall–Kier alpha value is -0.920. The standard InChI is InChI=1S/C7H8F5NO2/c1-15-5(14)3-2-4(6(8,9)10)7(11,12)13-3/h3-4,13H,2H2,1H3/t3-,4?/m0/s1. The van der Waals surface area contributed by atoms with E-state index in [2.05, 4.69) is 4.74 Å². The van der Waals surface area contributed by atoms with E-state index in [4.69, 9.17) is 0 Å². The number of ether oxygens (including phenoxy) is 1. The minimum Gasteiger partial charge on any atom is -0.468 e. The molecule has 1 unspecified atom stereocenters. The predicted octanol–water partition coefficient (Wildman–Crippen LogP) is 1.29. The van der Waals surface area contributed by atoms with Gasteiger partial charge in [0.25, 0.3) is 0 Å². The maximum atomic E-state index is 12.8. The van der Waals surface area contributed by atoms with Gasteiger partial charge >= 0.3 is 18.2 Å². The Balaban J connectivity index is 2.82. The van der Waals surface area contributed by atoms with E-state index in [9.17, 15) is 26.7 Å². The van der Waals surface area contributed by atoms with Crippen molar-refractivity contribution in [3.05, 3.63) is 0 Å².